The smallest absolute Gasteiger partial charge is 0.250 e. The average Bonchev–Trinajstić information content (AvgIpc) is 3.22. The number of benzene rings is 1. The average molecular weight is 418 g/mol. The number of piperidine rings is 1. The number of ketones is 1. The highest BCUT2D eigenvalue weighted by Crippen LogP contribution is 2.67. The summed E-state index contributed by atoms with van der Waals surface area (Å²) in [6, 6.07) is 7.57. The minimum atomic E-state index is -0.192. The number of aryl methyl sites for hydroxylation is 1. The normalized spacial score (nSPS) is 23.6. The molecule has 1 saturated heterocycles. The van der Waals surface area contributed by atoms with Crippen LogP contribution in [0.25, 0.3) is 6.08 Å². The van der Waals surface area contributed by atoms with Crippen LogP contribution in [0, 0.1) is 12.8 Å². The van der Waals surface area contributed by atoms with Crippen LogP contribution in [0.3, 0.4) is 0 Å². The summed E-state index contributed by atoms with van der Waals surface area (Å²) >= 11 is 0. The Bertz CT molecular complexity index is 1140. The fraction of sp³-hybridized carbons (Fsp3) is 0.360. The van der Waals surface area contributed by atoms with Gasteiger partial charge in [0, 0.05) is 42.0 Å². The lowest BCUT2D eigenvalue weighted by atomic mass is 9.82. The molecule has 31 heavy (non-hydrogen) atoms. The Balaban J connectivity index is 1.45. The first-order valence-electron chi connectivity index (χ1n) is 10.6. The van der Waals surface area contributed by atoms with Gasteiger partial charge in [0.2, 0.25) is 5.78 Å². The minimum Gasteiger partial charge on any atom is -0.497 e. The second kappa shape index (κ2) is 6.95. The number of rotatable bonds is 5. The van der Waals surface area contributed by atoms with Gasteiger partial charge in [0.05, 0.1) is 12.8 Å². The first-order chi connectivity index (χ1) is 14.8. The number of nitrogens with one attached hydrogen (secondary N) is 1. The highest BCUT2D eigenvalue weighted by atomic mass is 16.5. The second-order valence-electron chi connectivity index (χ2n) is 9.04. The summed E-state index contributed by atoms with van der Waals surface area (Å²) in [5.41, 5.74) is 5.69. The van der Waals surface area contributed by atoms with Crippen LogP contribution in [0.2, 0.25) is 0 Å². The van der Waals surface area contributed by atoms with Gasteiger partial charge in [-0.05, 0) is 68.3 Å². The molecule has 2 heterocycles. The number of aromatic nitrogens is 1. The molecule has 5 rings (SSSR count). The fourth-order valence-electron chi connectivity index (χ4n) is 5.30. The molecule has 1 saturated carbocycles. The van der Waals surface area contributed by atoms with Gasteiger partial charge in [0.1, 0.15) is 5.75 Å². The quantitative estimate of drug-likeness (QED) is 0.759. The van der Waals surface area contributed by atoms with Crippen LogP contribution in [0.15, 0.2) is 42.1 Å². The SMILES string of the molecule is COc1ccc(/C=C/C(=O)N2C[C@H]3C[C@@]34C2=CC(=O)c2[nH]c(C)c(CN(C)C)c24)cc1. The van der Waals surface area contributed by atoms with E-state index >= 15 is 0 Å². The number of carbonyl (C=O) groups excluding carboxylic acids is 2. The van der Waals surface area contributed by atoms with Gasteiger partial charge in [-0.15, -0.1) is 0 Å². The van der Waals surface area contributed by atoms with E-state index in [0.29, 0.717) is 18.2 Å². The lowest BCUT2D eigenvalue weighted by molar-refractivity contribution is -0.123. The number of carbonyl (C=O) groups is 2. The van der Waals surface area contributed by atoms with Gasteiger partial charge < -0.3 is 19.5 Å². The first-order valence-corrected chi connectivity index (χ1v) is 10.6. The van der Waals surface area contributed by atoms with Crippen molar-refractivity contribution in [2.45, 2.75) is 25.3 Å². The summed E-state index contributed by atoms with van der Waals surface area (Å²) < 4.78 is 5.18. The molecule has 0 radical (unpaired) electrons. The maximum atomic E-state index is 13.1. The Morgan fingerprint density at radius 3 is 2.74 bits per heavy atom. The van der Waals surface area contributed by atoms with E-state index in [0.717, 1.165) is 41.2 Å². The summed E-state index contributed by atoms with van der Waals surface area (Å²) in [5, 5.41) is 0. The Hall–Kier alpha value is -3.12. The predicted octanol–water partition coefficient (Wildman–Crippen LogP) is 3.29. The number of fused-ring (bicyclic) bond motifs is 1. The monoisotopic (exact) mass is 417 g/mol. The van der Waals surface area contributed by atoms with Gasteiger partial charge in [0.25, 0.3) is 5.91 Å². The topological polar surface area (TPSA) is 65.6 Å². The molecule has 1 aromatic carbocycles. The summed E-state index contributed by atoms with van der Waals surface area (Å²) in [5.74, 6) is 1.04. The largest absolute Gasteiger partial charge is 0.497 e. The molecule has 0 unspecified atom stereocenters. The molecule has 2 atom stereocenters. The maximum Gasteiger partial charge on any atom is 0.250 e. The zero-order chi connectivity index (χ0) is 21.9. The lowest BCUT2D eigenvalue weighted by Crippen LogP contribution is -2.33. The number of nitrogens with zero attached hydrogens (tertiary/aromatic N) is 2. The van der Waals surface area contributed by atoms with Gasteiger partial charge in [-0.2, -0.15) is 0 Å². The molecule has 1 N–H and O–H groups in total. The molecule has 2 fully saturated rings. The molecular formula is C25H27N3O3. The molecule has 2 aliphatic carbocycles. The van der Waals surface area contributed by atoms with Crippen molar-refractivity contribution < 1.29 is 14.3 Å². The van der Waals surface area contributed by atoms with E-state index in [1.165, 1.54) is 5.56 Å². The lowest BCUT2D eigenvalue weighted by Gasteiger charge is -2.28. The third-order valence-electron chi connectivity index (χ3n) is 6.81. The summed E-state index contributed by atoms with van der Waals surface area (Å²) in [6.45, 7) is 3.47. The van der Waals surface area contributed by atoms with Crippen LogP contribution in [0.5, 0.6) is 5.75 Å². The Morgan fingerprint density at radius 1 is 1.32 bits per heavy atom. The van der Waals surface area contributed by atoms with Crippen molar-refractivity contribution in [2.24, 2.45) is 5.92 Å². The van der Waals surface area contributed by atoms with Gasteiger partial charge in [0.15, 0.2) is 0 Å². The number of methoxy groups -OCH3 is 1. The molecule has 1 amide bonds. The van der Waals surface area contributed by atoms with Crippen LogP contribution in [0.1, 0.15) is 39.3 Å². The maximum absolute atomic E-state index is 13.1. The summed E-state index contributed by atoms with van der Waals surface area (Å²) in [4.78, 5) is 33.3. The Morgan fingerprint density at radius 2 is 2.06 bits per heavy atom. The molecule has 3 aliphatic rings. The zero-order valence-electron chi connectivity index (χ0n) is 18.4. The van der Waals surface area contributed by atoms with Crippen molar-refractivity contribution in [3.63, 3.8) is 0 Å². The minimum absolute atomic E-state index is 0.0341. The number of likely N-dealkylation sites (tertiary alicyclic amines) is 1. The van der Waals surface area contributed by atoms with E-state index in [2.05, 4.69) is 9.88 Å². The van der Waals surface area contributed by atoms with Gasteiger partial charge in [-0.25, -0.2) is 0 Å². The third-order valence-corrected chi connectivity index (χ3v) is 6.81. The molecule has 1 aliphatic heterocycles. The Kier molecular flexibility index (Phi) is 4.45. The van der Waals surface area contributed by atoms with E-state index in [-0.39, 0.29) is 17.1 Å². The van der Waals surface area contributed by atoms with Gasteiger partial charge in [-0.1, -0.05) is 12.1 Å². The van der Waals surface area contributed by atoms with Crippen molar-refractivity contribution in [3.8, 4) is 5.75 Å². The van der Waals surface area contributed by atoms with Gasteiger partial charge >= 0.3 is 0 Å². The van der Waals surface area contributed by atoms with E-state index in [1.54, 1.807) is 24.2 Å². The van der Waals surface area contributed by atoms with Crippen molar-refractivity contribution in [1.29, 1.82) is 0 Å². The molecule has 0 bridgehead atoms. The highest BCUT2D eigenvalue weighted by molar-refractivity contribution is 6.09. The van der Waals surface area contributed by atoms with Crippen molar-refractivity contribution in [2.75, 3.05) is 27.7 Å². The molecule has 160 valence electrons. The molecule has 6 heteroatoms. The number of hydrogen-bond acceptors (Lipinski definition) is 4. The summed E-state index contributed by atoms with van der Waals surface area (Å²) in [6.07, 6.45) is 6.10. The van der Waals surface area contributed by atoms with Crippen molar-refractivity contribution in [3.05, 3.63) is 70.2 Å². The van der Waals surface area contributed by atoms with E-state index in [9.17, 15) is 9.59 Å². The zero-order valence-corrected chi connectivity index (χ0v) is 18.4. The predicted molar refractivity (Wildman–Crippen MR) is 119 cm³/mol. The van der Waals surface area contributed by atoms with Crippen LogP contribution in [-0.2, 0) is 16.8 Å². The number of H-pyrrole nitrogens is 1. The van der Waals surface area contributed by atoms with Crippen molar-refractivity contribution in [1.82, 2.24) is 14.8 Å². The number of hydrogen-bond donors (Lipinski definition) is 1. The molecule has 1 spiro atoms. The summed E-state index contributed by atoms with van der Waals surface area (Å²) in [7, 11) is 5.71. The third kappa shape index (κ3) is 2.97. The number of allylic oxidation sites excluding steroid dienone is 2. The molecule has 6 nitrogen and oxygen atoms in total. The number of aromatic amines is 1. The highest BCUT2D eigenvalue weighted by Gasteiger charge is 2.68. The number of amides is 1. The second-order valence-corrected chi connectivity index (χ2v) is 9.04. The van der Waals surface area contributed by atoms with Crippen LogP contribution < -0.4 is 4.74 Å². The van der Waals surface area contributed by atoms with Crippen LogP contribution in [-0.4, -0.2) is 54.2 Å². The molecular weight excluding hydrogens is 390 g/mol. The Labute approximate surface area is 182 Å². The van der Waals surface area contributed by atoms with E-state index in [1.807, 2.05) is 51.4 Å². The van der Waals surface area contributed by atoms with Crippen LogP contribution >= 0.6 is 0 Å². The standard InChI is InChI=1S/C25H27N3O3/c1-15-19(14-27(2)3)23-24(26-15)20(29)11-21-25(23)12-17(25)13-28(21)22(30)10-7-16-5-8-18(31-4)9-6-16/h5-11,17,26H,12-14H2,1-4H3/b10-7+/t17-,25+/m1/s1. The molecule has 2 aromatic rings. The first kappa shape index (κ1) is 19.8. The van der Waals surface area contributed by atoms with E-state index < -0.39 is 0 Å². The van der Waals surface area contributed by atoms with E-state index in [4.69, 9.17) is 4.74 Å². The number of ether oxygens (including phenoxy) is 1. The fourth-order valence-corrected chi connectivity index (χ4v) is 5.30. The van der Waals surface area contributed by atoms with Gasteiger partial charge in [-0.3, -0.25) is 9.59 Å². The van der Waals surface area contributed by atoms with Crippen LogP contribution in [0.4, 0.5) is 0 Å². The van der Waals surface area contributed by atoms with Crippen molar-refractivity contribution >= 4 is 17.8 Å². The molecule has 1 aromatic heterocycles.